The van der Waals surface area contributed by atoms with Crippen LogP contribution in [0.3, 0.4) is 0 Å². The van der Waals surface area contributed by atoms with Crippen LogP contribution in [0.5, 0.6) is 0 Å². The van der Waals surface area contributed by atoms with Crippen LogP contribution in [-0.2, 0) is 20.0 Å². The molecule has 10 heteroatoms. The van der Waals surface area contributed by atoms with Crippen molar-refractivity contribution in [2.24, 2.45) is 11.7 Å². The van der Waals surface area contributed by atoms with Gasteiger partial charge in [0.05, 0.1) is 9.79 Å². The van der Waals surface area contributed by atoms with Gasteiger partial charge in [-0.25, -0.2) is 16.8 Å². The summed E-state index contributed by atoms with van der Waals surface area (Å²) in [6, 6.07) is 8.45. The maximum atomic E-state index is 11.8. The quantitative estimate of drug-likeness (QED) is 0.427. The number of rotatable bonds is 4. The Kier molecular flexibility index (Phi) is 3.77. The molecule has 0 fully saturated rings. The Bertz CT molecular complexity index is 789. The highest BCUT2D eigenvalue weighted by atomic mass is 32.2. The van der Waals surface area contributed by atoms with Gasteiger partial charge >= 0.3 is 0 Å². The number of hydrogen-bond donors (Lipinski definition) is 4. The van der Waals surface area contributed by atoms with Gasteiger partial charge in [0.15, 0.2) is 0 Å². The Balaban J connectivity index is 2.92. The Morgan fingerprint density at radius 1 is 0.700 bits per heavy atom. The monoisotopic (exact) mass is 316 g/mol. The van der Waals surface area contributed by atoms with E-state index in [0.29, 0.717) is 0 Å². The van der Waals surface area contributed by atoms with Gasteiger partial charge in [0.2, 0.25) is 0 Å². The lowest BCUT2D eigenvalue weighted by Gasteiger charge is -2.11. The molecule has 0 spiro atoms. The van der Waals surface area contributed by atoms with Gasteiger partial charge in [-0.2, -0.15) is 9.66 Å². The topological polar surface area (TPSA) is 144 Å². The molecule has 0 heterocycles. The molecular weight excluding hydrogens is 304 g/mol. The molecule has 0 atom stereocenters. The van der Waals surface area contributed by atoms with Crippen molar-refractivity contribution in [3.63, 3.8) is 0 Å². The van der Waals surface area contributed by atoms with E-state index >= 15 is 0 Å². The summed E-state index contributed by atoms with van der Waals surface area (Å²) in [6.45, 7) is 0. The van der Waals surface area contributed by atoms with Crippen molar-refractivity contribution in [2.75, 3.05) is 0 Å². The van der Waals surface area contributed by atoms with E-state index in [1.807, 2.05) is 0 Å². The highest BCUT2D eigenvalue weighted by Crippen LogP contribution is 2.28. The number of benzene rings is 2. The molecule has 108 valence electrons. The van der Waals surface area contributed by atoms with Crippen molar-refractivity contribution in [3.05, 3.63) is 36.4 Å². The van der Waals surface area contributed by atoms with Crippen LogP contribution in [0.1, 0.15) is 0 Å². The predicted molar refractivity (Wildman–Crippen MR) is 73.0 cm³/mol. The van der Waals surface area contributed by atoms with Crippen LogP contribution in [0.15, 0.2) is 46.2 Å². The zero-order valence-corrected chi connectivity index (χ0v) is 11.7. The molecule has 0 saturated heterocycles. The standard InChI is InChI=1S/C10H12N4O4S2/c11-13-19(15,16)9-5-6-10(20(17,18)14-12)8-4-2-1-3-7(8)9/h1-6,13-14H,11-12H2. The maximum Gasteiger partial charge on any atom is 0.253 e. The Morgan fingerprint density at radius 2 is 1.05 bits per heavy atom. The number of nitrogens with one attached hydrogen (secondary N) is 2. The summed E-state index contributed by atoms with van der Waals surface area (Å²) < 4.78 is 47.3. The second kappa shape index (κ2) is 5.09. The van der Waals surface area contributed by atoms with Crippen LogP contribution in [0, 0.1) is 0 Å². The molecule has 2 aromatic carbocycles. The van der Waals surface area contributed by atoms with E-state index in [2.05, 4.69) is 0 Å². The van der Waals surface area contributed by atoms with E-state index in [1.54, 1.807) is 21.8 Å². The Hall–Kier alpha value is -1.56. The number of nitrogens with two attached hydrogens (primary N) is 2. The summed E-state index contributed by atoms with van der Waals surface area (Å²) >= 11 is 0. The Morgan fingerprint density at radius 3 is 1.35 bits per heavy atom. The highest BCUT2D eigenvalue weighted by molar-refractivity contribution is 7.90. The first-order valence-corrected chi connectivity index (χ1v) is 8.26. The average Bonchev–Trinajstić information content (AvgIpc) is 2.45. The van der Waals surface area contributed by atoms with Gasteiger partial charge in [-0.3, -0.25) is 11.7 Å². The number of fused-ring (bicyclic) bond motifs is 1. The fourth-order valence-corrected chi connectivity index (χ4v) is 3.52. The van der Waals surface area contributed by atoms with Crippen LogP contribution in [0.4, 0.5) is 0 Å². The summed E-state index contributed by atoms with van der Waals surface area (Å²) in [5.41, 5.74) is 0. The molecule has 0 aromatic heterocycles. The van der Waals surface area contributed by atoms with Gasteiger partial charge in [-0.05, 0) is 12.1 Å². The maximum absolute atomic E-state index is 11.8. The van der Waals surface area contributed by atoms with Crippen molar-refractivity contribution in [2.45, 2.75) is 9.79 Å². The smallest absolute Gasteiger partial charge is 0.253 e. The van der Waals surface area contributed by atoms with Crippen molar-refractivity contribution >= 4 is 30.8 Å². The van der Waals surface area contributed by atoms with Gasteiger partial charge in [-0.1, -0.05) is 24.3 Å². The third kappa shape index (κ3) is 2.40. The van der Waals surface area contributed by atoms with Gasteiger partial charge in [-0.15, -0.1) is 0 Å². The minimum absolute atomic E-state index is 0.119. The van der Waals surface area contributed by atoms with Gasteiger partial charge in [0, 0.05) is 10.8 Å². The normalized spacial score (nSPS) is 12.7. The molecule has 0 saturated carbocycles. The molecule has 0 radical (unpaired) electrons. The molecule has 8 nitrogen and oxygen atoms in total. The molecule has 20 heavy (non-hydrogen) atoms. The molecule has 6 N–H and O–H groups in total. The van der Waals surface area contributed by atoms with Crippen molar-refractivity contribution in [1.29, 1.82) is 0 Å². The van der Waals surface area contributed by atoms with Crippen LogP contribution in [-0.4, -0.2) is 16.8 Å². The molecule has 0 amide bonds. The van der Waals surface area contributed by atoms with E-state index in [1.165, 1.54) is 12.1 Å². The molecule has 0 aliphatic rings. The van der Waals surface area contributed by atoms with Crippen molar-refractivity contribution in [1.82, 2.24) is 9.66 Å². The van der Waals surface area contributed by atoms with Crippen LogP contribution in [0.2, 0.25) is 0 Å². The lowest BCUT2D eigenvalue weighted by Crippen LogP contribution is -2.31. The van der Waals surface area contributed by atoms with E-state index < -0.39 is 20.0 Å². The van der Waals surface area contributed by atoms with Gasteiger partial charge < -0.3 is 0 Å². The first-order chi connectivity index (χ1) is 9.33. The summed E-state index contributed by atoms with van der Waals surface area (Å²) in [4.78, 5) is 3.17. The highest BCUT2D eigenvalue weighted by Gasteiger charge is 2.21. The van der Waals surface area contributed by atoms with Crippen molar-refractivity contribution in [3.8, 4) is 0 Å². The zero-order chi connectivity index (χ0) is 15.0. The molecule has 0 aliphatic heterocycles. The van der Waals surface area contributed by atoms with E-state index in [4.69, 9.17) is 11.7 Å². The van der Waals surface area contributed by atoms with E-state index in [0.717, 1.165) is 12.1 Å². The second-order valence-corrected chi connectivity index (χ2v) is 7.21. The Labute approximate surface area is 115 Å². The summed E-state index contributed by atoms with van der Waals surface area (Å²) in [5, 5.41) is 0.448. The zero-order valence-electron chi connectivity index (χ0n) is 10.1. The fraction of sp³-hybridized carbons (Fsp3) is 0. The average molecular weight is 316 g/mol. The molecular formula is C10H12N4O4S2. The number of hydrogen-bond acceptors (Lipinski definition) is 6. The van der Waals surface area contributed by atoms with Crippen LogP contribution >= 0.6 is 0 Å². The molecule has 2 aromatic rings. The molecule has 0 bridgehead atoms. The van der Waals surface area contributed by atoms with Gasteiger partial charge in [0.25, 0.3) is 20.0 Å². The van der Waals surface area contributed by atoms with E-state index in [9.17, 15) is 16.8 Å². The summed E-state index contributed by atoms with van der Waals surface area (Å²) in [7, 11) is -7.82. The second-order valence-electron chi connectivity index (χ2n) is 3.85. The minimum Gasteiger partial charge on any atom is -0.257 e. The van der Waals surface area contributed by atoms with Crippen LogP contribution < -0.4 is 21.3 Å². The summed E-state index contributed by atoms with van der Waals surface area (Å²) in [6.07, 6.45) is 0. The first kappa shape index (κ1) is 14.8. The van der Waals surface area contributed by atoms with Gasteiger partial charge in [0.1, 0.15) is 0 Å². The number of sulfonamides is 2. The third-order valence-electron chi connectivity index (χ3n) is 2.73. The summed E-state index contributed by atoms with van der Waals surface area (Å²) in [5.74, 6) is 9.98. The lowest BCUT2D eigenvalue weighted by molar-refractivity contribution is 0.581. The molecule has 2 rings (SSSR count). The SMILES string of the molecule is NNS(=O)(=O)c1ccc(S(=O)(=O)NN)c2ccccc12. The molecule has 0 aliphatic carbocycles. The molecule has 0 unspecified atom stereocenters. The minimum atomic E-state index is -3.91. The number of hydrazine groups is 2. The van der Waals surface area contributed by atoms with E-state index in [-0.39, 0.29) is 20.6 Å². The first-order valence-electron chi connectivity index (χ1n) is 5.30. The lowest BCUT2D eigenvalue weighted by atomic mass is 10.1. The third-order valence-corrected chi connectivity index (χ3v) is 5.22. The largest absolute Gasteiger partial charge is 0.257 e. The van der Waals surface area contributed by atoms with Crippen LogP contribution in [0.25, 0.3) is 10.8 Å². The predicted octanol–water partition coefficient (Wildman–Crippen LogP) is -0.856. The fourth-order valence-electron chi connectivity index (χ4n) is 1.84. The van der Waals surface area contributed by atoms with Crippen molar-refractivity contribution < 1.29 is 16.8 Å².